The second kappa shape index (κ2) is 5.82. The number of nitrogens with one attached hydrogen (secondary N) is 1. The molecule has 0 saturated carbocycles. The van der Waals surface area contributed by atoms with Gasteiger partial charge in [-0.15, -0.1) is 0 Å². The Morgan fingerprint density at radius 2 is 1.84 bits per heavy atom. The van der Waals surface area contributed by atoms with E-state index in [4.69, 9.17) is 4.74 Å². The highest BCUT2D eigenvalue weighted by Gasteiger charge is 2.35. The number of para-hydroxylation sites is 1. The van der Waals surface area contributed by atoms with Crippen LogP contribution in [0, 0.1) is 5.92 Å². The summed E-state index contributed by atoms with van der Waals surface area (Å²) in [6, 6.07) is 5.40. The van der Waals surface area contributed by atoms with E-state index in [-0.39, 0.29) is 11.9 Å². The van der Waals surface area contributed by atoms with E-state index in [1.165, 1.54) is 12.1 Å². The van der Waals surface area contributed by atoms with E-state index in [0.717, 1.165) is 32.0 Å². The number of benzene rings is 1. The van der Waals surface area contributed by atoms with Crippen LogP contribution in [0.25, 0.3) is 0 Å². The Hall–Kier alpha value is -1.23. The average molecular weight is 273 g/mol. The van der Waals surface area contributed by atoms with Crippen molar-refractivity contribution in [2.75, 3.05) is 13.1 Å². The zero-order valence-electron chi connectivity index (χ0n) is 10.8. The van der Waals surface area contributed by atoms with Crippen LogP contribution in [0.1, 0.15) is 25.3 Å². The third kappa shape index (κ3) is 3.62. The van der Waals surface area contributed by atoms with Crippen LogP contribution < -0.4 is 10.1 Å². The highest BCUT2D eigenvalue weighted by Crippen LogP contribution is 2.37. The minimum atomic E-state index is -4.37. The molecule has 1 N–H and O–H groups in total. The highest BCUT2D eigenvalue weighted by molar-refractivity contribution is 5.35. The van der Waals surface area contributed by atoms with Crippen molar-refractivity contribution in [2.24, 2.45) is 5.92 Å². The van der Waals surface area contributed by atoms with E-state index >= 15 is 0 Å². The van der Waals surface area contributed by atoms with Crippen LogP contribution in [0.15, 0.2) is 24.3 Å². The maximum absolute atomic E-state index is 12.9. The minimum absolute atomic E-state index is 0.0685. The van der Waals surface area contributed by atoms with Gasteiger partial charge in [-0.3, -0.25) is 0 Å². The Labute approximate surface area is 111 Å². The molecular formula is C14H18F3NO. The van der Waals surface area contributed by atoms with E-state index in [9.17, 15) is 13.2 Å². The van der Waals surface area contributed by atoms with Gasteiger partial charge in [0.05, 0.1) is 11.7 Å². The fourth-order valence-corrected chi connectivity index (χ4v) is 2.41. The van der Waals surface area contributed by atoms with Crippen LogP contribution in [0.5, 0.6) is 5.75 Å². The van der Waals surface area contributed by atoms with Crippen LogP contribution in [-0.2, 0) is 6.18 Å². The first-order valence-corrected chi connectivity index (χ1v) is 6.52. The van der Waals surface area contributed by atoms with E-state index in [1.54, 1.807) is 6.07 Å². The number of halogens is 3. The van der Waals surface area contributed by atoms with Crippen molar-refractivity contribution in [1.29, 1.82) is 0 Å². The second-order valence-corrected chi connectivity index (χ2v) is 4.90. The van der Waals surface area contributed by atoms with Crippen molar-refractivity contribution < 1.29 is 17.9 Å². The molecule has 1 aromatic carbocycles. The second-order valence-electron chi connectivity index (χ2n) is 4.90. The summed E-state index contributed by atoms with van der Waals surface area (Å²) >= 11 is 0. The van der Waals surface area contributed by atoms with Crippen LogP contribution >= 0.6 is 0 Å². The standard InChI is InChI=1S/C14H18F3NO/c1-10(11-6-8-18-9-7-11)19-13-5-3-2-4-12(13)14(15,16)17/h2-5,10-11,18H,6-9H2,1H3. The Morgan fingerprint density at radius 3 is 2.47 bits per heavy atom. The third-order valence-corrected chi connectivity index (χ3v) is 3.55. The van der Waals surface area contributed by atoms with Crippen molar-refractivity contribution in [2.45, 2.75) is 32.0 Å². The molecule has 0 radical (unpaired) electrons. The molecule has 1 saturated heterocycles. The van der Waals surface area contributed by atoms with Crippen molar-refractivity contribution in [3.63, 3.8) is 0 Å². The van der Waals surface area contributed by atoms with Gasteiger partial charge in [0.2, 0.25) is 0 Å². The molecule has 2 nitrogen and oxygen atoms in total. The normalized spacial score (nSPS) is 19.2. The molecule has 19 heavy (non-hydrogen) atoms. The lowest BCUT2D eigenvalue weighted by Gasteiger charge is -2.29. The Balaban J connectivity index is 2.10. The molecule has 0 bridgehead atoms. The fraction of sp³-hybridized carbons (Fsp3) is 0.571. The topological polar surface area (TPSA) is 21.3 Å². The number of piperidine rings is 1. The van der Waals surface area contributed by atoms with Crippen LogP contribution in [-0.4, -0.2) is 19.2 Å². The lowest BCUT2D eigenvalue weighted by atomic mass is 9.93. The molecular weight excluding hydrogens is 255 g/mol. The van der Waals surface area contributed by atoms with E-state index in [1.807, 2.05) is 6.92 Å². The quantitative estimate of drug-likeness (QED) is 0.910. The molecule has 1 aromatic rings. The molecule has 1 aliphatic rings. The summed E-state index contributed by atoms with van der Waals surface area (Å²) in [6.45, 7) is 3.65. The number of rotatable bonds is 3. The first-order chi connectivity index (χ1) is 8.98. The van der Waals surface area contributed by atoms with E-state index in [2.05, 4.69) is 5.32 Å². The van der Waals surface area contributed by atoms with Crippen molar-refractivity contribution in [3.05, 3.63) is 29.8 Å². The number of ether oxygens (including phenoxy) is 1. The minimum Gasteiger partial charge on any atom is -0.490 e. The van der Waals surface area contributed by atoms with Crippen molar-refractivity contribution in [1.82, 2.24) is 5.32 Å². The molecule has 2 rings (SSSR count). The van der Waals surface area contributed by atoms with Gasteiger partial charge in [-0.05, 0) is 50.9 Å². The van der Waals surface area contributed by atoms with Crippen LogP contribution in [0.4, 0.5) is 13.2 Å². The zero-order valence-corrected chi connectivity index (χ0v) is 10.8. The molecule has 1 atom stereocenters. The average Bonchev–Trinajstić information content (AvgIpc) is 2.39. The molecule has 0 aliphatic carbocycles. The largest absolute Gasteiger partial charge is 0.490 e. The first kappa shape index (κ1) is 14.2. The van der Waals surface area contributed by atoms with Gasteiger partial charge < -0.3 is 10.1 Å². The summed E-state index contributed by atoms with van der Waals surface area (Å²) in [7, 11) is 0. The van der Waals surface area contributed by atoms with Gasteiger partial charge in [-0.25, -0.2) is 0 Å². The first-order valence-electron chi connectivity index (χ1n) is 6.52. The predicted octanol–water partition coefficient (Wildman–Crippen LogP) is 3.47. The Bertz CT molecular complexity index is 413. The number of alkyl halides is 3. The summed E-state index contributed by atoms with van der Waals surface area (Å²) < 4.78 is 44.1. The molecule has 0 spiro atoms. The smallest absolute Gasteiger partial charge is 0.419 e. The third-order valence-electron chi connectivity index (χ3n) is 3.55. The Kier molecular flexibility index (Phi) is 4.34. The van der Waals surface area contributed by atoms with Crippen LogP contribution in [0.3, 0.4) is 0 Å². The SMILES string of the molecule is CC(Oc1ccccc1C(F)(F)F)C1CCNCC1. The van der Waals surface area contributed by atoms with Gasteiger partial charge in [0.15, 0.2) is 0 Å². The van der Waals surface area contributed by atoms with Crippen molar-refractivity contribution in [3.8, 4) is 5.75 Å². The lowest BCUT2D eigenvalue weighted by Crippen LogP contribution is -2.35. The van der Waals surface area contributed by atoms with E-state index in [0.29, 0.717) is 5.92 Å². The monoisotopic (exact) mass is 273 g/mol. The van der Waals surface area contributed by atoms with Gasteiger partial charge in [-0.2, -0.15) is 13.2 Å². The van der Waals surface area contributed by atoms with Gasteiger partial charge in [0.25, 0.3) is 0 Å². The molecule has 1 unspecified atom stereocenters. The maximum atomic E-state index is 12.9. The molecule has 1 fully saturated rings. The molecule has 0 amide bonds. The molecule has 5 heteroatoms. The fourth-order valence-electron chi connectivity index (χ4n) is 2.41. The predicted molar refractivity (Wildman–Crippen MR) is 67.1 cm³/mol. The van der Waals surface area contributed by atoms with E-state index < -0.39 is 11.7 Å². The zero-order chi connectivity index (χ0) is 13.9. The van der Waals surface area contributed by atoms with Crippen molar-refractivity contribution >= 4 is 0 Å². The van der Waals surface area contributed by atoms with Crippen LogP contribution in [0.2, 0.25) is 0 Å². The summed E-state index contributed by atoms with van der Waals surface area (Å²) in [5.41, 5.74) is -0.698. The summed E-state index contributed by atoms with van der Waals surface area (Å²) in [4.78, 5) is 0. The molecule has 1 aliphatic heterocycles. The van der Waals surface area contributed by atoms with Gasteiger partial charge >= 0.3 is 6.18 Å². The molecule has 106 valence electrons. The molecule has 0 aromatic heterocycles. The molecule has 1 heterocycles. The maximum Gasteiger partial charge on any atom is 0.419 e. The number of hydrogen-bond acceptors (Lipinski definition) is 2. The van der Waals surface area contributed by atoms with Gasteiger partial charge in [0, 0.05) is 0 Å². The lowest BCUT2D eigenvalue weighted by molar-refractivity contribution is -0.139. The summed E-state index contributed by atoms with van der Waals surface area (Å²) in [5, 5.41) is 3.23. The Morgan fingerprint density at radius 1 is 1.21 bits per heavy atom. The van der Waals surface area contributed by atoms with Gasteiger partial charge in [-0.1, -0.05) is 12.1 Å². The number of hydrogen-bond donors (Lipinski definition) is 1. The van der Waals surface area contributed by atoms with Gasteiger partial charge in [0.1, 0.15) is 5.75 Å². The highest BCUT2D eigenvalue weighted by atomic mass is 19.4. The summed E-state index contributed by atoms with van der Waals surface area (Å²) in [5.74, 6) is 0.239. The summed E-state index contributed by atoms with van der Waals surface area (Å²) in [6.07, 6.45) is -2.69.